The Morgan fingerprint density at radius 1 is 1.31 bits per heavy atom. The molecule has 0 spiro atoms. The molecule has 74 valence electrons. The van der Waals surface area contributed by atoms with E-state index < -0.39 is 0 Å². The van der Waals surface area contributed by atoms with Crippen LogP contribution in [0.25, 0.3) is 0 Å². The van der Waals surface area contributed by atoms with Crippen LogP contribution < -0.4 is 0 Å². The number of hydrogen-bond acceptors (Lipinski definition) is 1. The van der Waals surface area contributed by atoms with Crippen LogP contribution in [-0.4, -0.2) is 7.11 Å². The minimum atomic E-state index is 0.631. The van der Waals surface area contributed by atoms with E-state index in [4.69, 9.17) is 16.3 Å². The molecule has 0 aliphatic carbocycles. The van der Waals surface area contributed by atoms with Gasteiger partial charge >= 0.3 is 0 Å². The molecule has 1 aromatic rings. The smallest absolute Gasteiger partial charge is 0.0716 e. The first-order valence-electron chi connectivity index (χ1n) is 4.48. The van der Waals surface area contributed by atoms with Crippen molar-refractivity contribution in [1.82, 2.24) is 0 Å². The first-order chi connectivity index (χ1) is 6.24. The molecule has 0 aliphatic heterocycles. The van der Waals surface area contributed by atoms with Crippen molar-refractivity contribution in [2.24, 2.45) is 0 Å². The summed E-state index contributed by atoms with van der Waals surface area (Å²) in [6, 6.07) is 5.81. The first-order valence-corrected chi connectivity index (χ1v) is 4.86. The lowest BCUT2D eigenvalue weighted by Crippen LogP contribution is -1.90. The number of ether oxygens (including phenoxy) is 1. The lowest BCUT2D eigenvalue weighted by molar-refractivity contribution is 0.184. The van der Waals surface area contributed by atoms with E-state index in [2.05, 4.69) is 0 Å². The zero-order valence-electron chi connectivity index (χ0n) is 8.73. The summed E-state index contributed by atoms with van der Waals surface area (Å²) < 4.78 is 5.01. The molecule has 0 radical (unpaired) electrons. The van der Waals surface area contributed by atoms with Crippen molar-refractivity contribution < 1.29 is 4.74 Å². The van der Waals surface area contributed by atoms with Crippen LogP contribution in [0.1, 0.15) is 25.0 Å². The number of aryl methyl sites for hydroxylation is 1. The summed E-state index contributed by atoms with van der Waals surface area (Å²) in [5.74, 6) is 0. The first kappa shape index (κ1) is 12.5. The lowest BCUT2D eigenvalue weighted by atomic mass is 10.1. The van der Waals surface area contributed by atoms with Gasteiger partial charge in [0.25, 0.3) is 0 Å². The molecular formula is C11H17ClO. The SMILES string of the molecule is CC.COCc1cc(Cl)ccc1C. The van der Waals surface area contributed by atoms with Crippen LogP contribution in [0.2, 0.25) is 5.02 Å². The highest BCUT2D eigenvalue weighted by Gasteiger charge is 1.97. The normalized spacial score (nSPS) is 9.00. The fraction of sp³-hybridized carbons (Fsp3) is 0.455. The van der Waals surface area contributed by atoms with Crippen molar-refractivity contribution >= 4 is 11.6 Å². The van der Waals surface area contributed by atoms with E-state index in [1.54, 1.807) is 7.11 Å². The molecule has 1 aromatic carbocycles. The third-order valence-corrected chi connectivity index (χ3v) is 1.85. The zero-order chi connectivity index (χ0) is 10.3. The van der Waals surface area contributed by atoms with Gasteiger partial charge in [-0.2, -0.15) is 0 Å². The van der Waals surface area contributed by atoms with Crippen LogP contribution in [0.3, 0.4) is 0 Å². The summed E-state index contributed by atoms with van der Waals surface area (Å²) in [4.78, 5) is 0. The van der Waals surface area contributed by atoms with E-state index in [0.717, 1.165) is 10.6 Å². The summed E-state index contributed by atoms with van der Waals surface area (Å²) in [5.41, 5.74) is 2.37. The second kappa shape index (κ2) is 6.93. The topological polar surface area (TPSA) is 9.23 Å². The summed E-state index contributed by atoms with van der Waals surface area (Å²) in [6.45, 7) is 6.68. The number of halogens is 1. The van der Waals surface area contributed by atoms with Gasteiger partial charge in [0.1, 0.15) is 0 Å². The second-order valence-corrected chi connectivity index (χ2v) is 2.94. The largest absolute Gasteiger partial charge is 0.380 e. The maximum atomic E-state index is 5.80. The molecule has 0 unspecified atom stereocenters. The molecule has 0 aromatic heterocycles. The predicted molar refractivity (Wildman–Crippen MR) is 58.3 cm³/mol. The molecule has 0 heterocycles. The molecule has 0 saturated heterocycles. The Hall–Kier alpha value is -0.530. The molecular weight excluding hydrogens is 184 g/mol. The molecule has 0 N–H and O–H groups in total. The van der Waals surface area contributed by atoms with Crippen molar-refractivity contribution in [3.63, 3.8) is 0 Å². The number of methoxy groups -OCH3 is 1. The fourth-order valence-electron chi connectivity index (χ4n) is 0.951. The Morgan fingerprint density at radius 3 is 2.46 bits per heavy atom. The van der Waals surface area contributed by atoms with Gasteiger partial charge in [0.15, 0.2) is 0 Å². The summed E-state index contributed by atoms with van der Waals surface area (Å²) >= 11 is 5.80. The predicted octanol–water partition coefficient (Wildman–Crippen LogP) is 3.82. The average Bonchev–Trinajstić information content (AvgIpc) is 2.15. The molecule has 0 amide bonds. The zero-order valence-corrected chi connectivity index (χ0v) is 9.48. The average molecular weight is 201 g/mol. The lowest BCUT2D eigenvalue weighted by Gasteiger charge is -2.03. The molecule has 0 fully saturated rings. The number of hydrogen-bond donors (Lipinski definition) is 0. The Morgan fingerprint density at radius 2 is 1.92 bits per heavy atom. The van der Waals surface area contributed by atoms with Gasteiger partial charge in [0, 0.05) is 12.1 Å². The van der Waals surface area contributed by atoms with E-state index in [9.17, 15) is 0 Å². The van der Waals surface area contributed by atoms with Gasteiger partial charge in [-0.1, -0.05) is 31.5 Å². The summed E-state index contributed by atoms with van der Waals surface area (Å²) in [6.07, 6.45) is 0. The molecule has 0 atom stereocenters. The van der Waals surface area contributed by atoms with E-state index >= 15 is 0 Å². The molecule has 2 heteroatoms. The van der Waals surface area contributed by atoms with Crippen LogP contribution in [-0.2, 0) is 11.3 Å². The maximum Gasteiger partial charge on any atom is 0.0716 e. The standard InChI is InChI=1S/C9H11ClO.C2H6/c1-7-3-4-9(10)5-8(7)6-11-2;1-2/h3-5H,6H2,1-2H3;1-2H3. The van der Waals surface area contributed by atoms with Crippen LogP contribution in [0, 0.1) is 6.92 Å². The third kappa shape index (κ3) is 4.30. The van der Waals surface area contributed by atoms with Gasteiger partial charge in [-0.25, -0.2) is 0 Å². The van der Waals surface area contributed by atoms with Gasteiger partial charge in [0.2, 0.25) is 0 Å². The highest BCUT2D eigenvalue weighted by Crippen LogP contribution is 2.15. The van der Waals surface area contributed by atoms with E-state index in [1.807, 2.05) is 39.0 Å². The second-order valence-electron chi connectivity index (χ2n) is 2.50. The Bertz CT molecular complexity index is 246. The summed E-state index contributed by atoms with van der Waals surface area (Å²) in [5, 5.41) is 0.766. The van der Waals surface area contributed by atoms with Crippen molar-refractivity contribution in [3.05, 3.63) is 34.3 Å². The Balaban J connectivity index is 0.000000671. The molecule has 1 rings (SSSR count). The van der Waals surface area contributed by atoms with Gasteiger partial charge in [-0.15, -0.1) is 0 Å². The number of benzene rings is 1. The van der Waals surface area contributed by atoms with Gasteiger partial charge in [-0.05, 0) is 30.2 Å². The van der Waals surface area contributed by atoms with Crippen molar-refractivity contribution in [3.8, 4) is 0 Å². The highest BCUT2D eigenvalue weighted by molar-refractivity contribution is 6.30. The van der Waals surface area contributed by atoms with Crippen LogP contribution in [0.15, 0.2) is 18.2 Å². The minimum Gasteiger partial charge on any atom is -0.380 e. The fourth-order valence-corrected chi connectivity index (χ4v) is 1.15. The number of rotatable bonds is 2. The Kier molecular flexibility index (Phi) is 6.65. The maximum absolute atomic E-state index is 5.80. The van der Waals surface area contributed by atoms with E-state index in [0.29, 0.717) is 6.61 Å². The van der Waals surface area contributed by atoms with Crippen LogP contribution >= 0.6 is 11.6 Å². The van der Waals surface area contributed by atoms with Crippen molar-refractivity contribution in [1.29, 1.82) is 0 Å². The van der Waals surface area contributed by atoms with Crippen LogP contribution in [0.5, 0.6) is 0 Å². The van der Waals surface area contributed by atoms with Gasteiger partial charge in [0.05, 0.1) is 6.61 Å². The Labute approximate surface area is 85.7 Å². The molecule has 0 bridgehead atoms. The van der Waals surface area contributed by atoms with E-state index in [-0.39, 0.29) is 0 Å². The van der Waals surface area contributed by atoms with Crippen molar-refractivity contribution in [2.75, 3.05) is 7.11 Å². The monoisotopic (exact) mass is 200 g/mol. The minimum absolute atomic E-state index is 0.631. The summed E-state index contributed by atoms with van der Waals surface area (Å²) in [7, 11) is 1.68. The third-order valence-electron chi connectivity index (χ3n) is 1.61. The van der Waals surface area contributed by atoms with Crippen molar-refractivity contribution in [2.45, 2.75) is 27.4 Å². The van der Waals surface area contributed by atoms with E-state index in [1.165, 1.54) is 5.56 Å². The van der Waals surface area contributed by atoms with Gasteiger partial charge < -0.3 is 4.74 Å². The van der Waals surface area contributed by atoms with Crippen LogP contribution in [0.4, 0.5) is 0 Å². The quantitative estimate of drug-likeness (QED) is 0.705. The molecule has 0 saturated carbocycles. The molecule has 1 nitrogen and oxygen atoms in total. The molecule has 0 aliphatic rings. The highest BCUT2D eigenvalue weighted by atomic mass is 35.5. The molecule has 13 heavy (non-hydrogen) atoms. The van der Waals surface area contributed by atoms with Gasteiger partial charge in [-0.3, -0.25) is 0 Å².